The van der Waals surface area contributed by atoms with Gasteiger partial charge in [0.15, 0.2) is 0 Å². The number of ether oxygens (including phenoxy) is 1. The summed E-state index contributed by atoms with van der Waals surface area (Å²) >= 11 is 0. The summed E-state index contributed by atoms with van der Waals surface area (Å²) in [4.78, 5) is 2.03. The summed E-state index contributed by atoms with van der Waals surface area (Å²) < 4.78 is 5.74. The van der Waals surface area contributed by atoms with Crippen molar-refractivity contribution in [3.05, 3.63) is 48.5 Å². The molecule has 0 amide bonds. The van der Waals surface area contributed by atoms with Crippen molar-refractivity contribution >= 4 is 11.4 Å². The van der Waals surface area contributed by atoms with E-state index in [9.17, 15) is 0 Å². The third kappa shape index (κ3) is 2.91. The van der Waals surface area contributed by atoms with E-state index in [4.69, 9.17) is 10.5 Å². The van der Waals surface area contributed by atoms with Gasteiger partial charge in [-0.3, -0.25) is 0 Å². The Labute approximate surface area is 101 Å². The van der Waals surface area contributed by atoms with Crippen LogP contribution in [0.4, 0.5) is 11.4 Å². The molecule has 2 N–H and O–H groups in total. The molecular weight excluding hydrogens is 212 g/mol. The van der Waals surface area contributed by atoms with Crippen LogP contribution >= 0.6 is 0 Å². The lowest BCUT2D eigenvalue weighted by atomic mass is 10.2. The lowest BCUT2D eigenvalue weighted by Gasteiger charge is -2.14. The zero-order valence-electron chi connectivity index (χ0n) is 10.1. The van der Waals surface area contributed by atoms with E-state index in [2.05, 4.69) is 0 Å². The van der Waals surface area contributed by atoms with Gasteiger partial charge in [-0.2, -0.15) is 0 Å². The molecule has 0 atom stereocenters. The van der Waals surface area contributed by atoms with Gasteiger partial charge >= 0.3 is 0 Å². The first kappa shape index (κ1) is 11.3. The fraction of sp³-hybridized carbons (Fsp3) is 0.143. The monoisotopic (exact) mass is 228 g/mol. The van der Waals surface area contributed by atoms with Gasteiger partial charge in [0, 0.05) is 37.6 Å². The Bertz CT molecular complexity index is 509. The minimum Gasteiger partial charge on any atom is -0.457 e. The van der Waals surface area contributed by atoms with Crippen LogP contribution in [0.5, 0.6) is 11.5 Å². The van der Waals surface area contributed by atoms with E-state index in [0.717, 1.165) is 17.2 Å². The molecule has 3 heteroatoms. The van der Waals surface area contributed by atoms with E-state index in [0.29, 0.717) is 5.69 Å². The average Bonchev–Trinajstić information content (AvgIpc) is 2.29. The zero-order chi connectivity index (χ0) is 12.3. The van der Waals surface area contributed by atoms with Crippen LogP contribution in [0.3, 0.4) is 0 Å². The van der Waals surface area contributed by atoms with Crippen LogP contribution in [-0.4, -0.2) is 14.1 Å². The Kier molecular flexibility index (Phi) is 3.19. The summed E-state index contributed by atoms with van der Waals surface area (Å²) in [5, 5.41) is 0. The van der Waals surface area contributed by atoms with E-state index in [-0.39, 0.29) is 0 Å². The van der Waals surface area contributed by atoms with Gasteiger partial charge in [-0.15, -0.1) is 0 Å². The Hall–Kier alpha value is -2.16. The van der Waals surface area contributed by atoms with Gasteiger partial charge in [-0.1, -0.05) is 12.1 Å². The van der Waals surface area contributed by atoms with Crippen LogP contribution in [0.1, 0.15) is 0 Å². The van der Waals surface area contributed by atoms with Crippen molar-refractivity contribution in [3.8, 4) is 11.5 Å². The number of nitrogen functional groups attached to an aromatic ring is 1. The van der Waals surface area contributed by atoms with Crippen molar-refractivity contribution in [2.75, 3.05) is 24.7 Å². The van der Waals surface area contributed by atoms with Crippen molar-refractivity contribution in [3.63, 3.8) is 0 Å². The molecule has 2 aromatic carbocycles. The molecule has 0 heterocycles. The van der Waals surface area contributed by atoms with Crippen molar-refractivity contribution in [2.45, 2.75) is 0 Å². The van der Waals surface area contributed by atoms with Crippen LogP contribution in [0.25, 0.3) is 0 Å². The quantitative estimate of drug-likeness (QED) is 0.820. The first-order chi connectivity index (χ1) is 8.15. The summed E-state index contributed by atoms with van der Waals surface area (Å²) in [5.41, 5.74) is 7.51. The average molecular weight is 228 g/mol. The third-order valence-electron chi connectivity index (χ3n) is 2.43. The Morgan fingerprint density at radius 3 is 2.24 bits per heavy atom. The third-order valence-corrected chi connectivity index (χ3v) is 2.43. The Morgan fingerprint density at radius 1 is 0.941 bits per heavy atom. The highest BCUT2D eigenvalue weighted by molar-refractivity contribution is 5.51. The topological polar surface area (TPSA) is 38.5 Å². The molecule has 0 saturated carbocycles. The second kappa shape index (κ2) is 4.78. The lowest BCUT2D eigenvalue weighted by Crippen LogP contribution is -2.08. The fourth-order valence-corrected chi connectivity index (χ4v) is 1.54. The van der Waals surface area contributed by atoms with Crippen LogP contribution in [0.2, 0.25) is 0 Å². The van der Waals surface area contributed by atoms with E-state index >= 15 is 0 Å². The first-order valence-corrected chi connectivity index (χ1v) is 5.46. The van der Waals surface area contributed by atoms with Crippen LogP contribution in [-0.2, 0) is 0 Å². The van der Waals surface area contributed by atoms with E-state index in [1.807, 2.05) is 67.5 Å². The van der Waals surface area contributed by atoms with Crippen LogP contribution < -0.4 is 15.4 Å². The molecule has 0 saturated heterocycles. The van der Waals surface area contributed by atoms with Crippen molar-refractivity contribution in [2.24, 2.45) is 0 Å². The summed E-state index contributed by atoms with van der Waals surface area (Å²) in [6, 6.07) is 15.3. The molecule has 0 fully saturated rings. The van der Waals surface area contributed by atoms with Crippen molar-refractivity contribution in [1.82, 2.24) is 0 Å². The number of anilines is 2. The number of benzene rings is 2. The number of nitrogens with two attached hydrogens (primary N) is 1. The normalized spacial score (nSPS) is 10.0. The number of hydrogen-bond donors (Lipinski definition) is 1. The van der Waals surface area contributed by atoms with Crippen molar-refractivity contribution in [1.29, 1.82) is 0 Å². The standard InChI is InChI=1S/C14H16N2O/c1-16(2)12-6-4-8-14(10-12)17-13-7-3-5-11(15)9-13/h3-10H,15H2,1-2H3. The van der Waals surface area contributed by atoms with Crippen LogP contribution in [0.15, 0.2) is 48.5 Å². The molecule has 2 rings (SSSR count). The van der Waals surface area contributed by atoms with Gasteiger partial charge in [0.25, 0.3) is 0 Å². The molecule has 2 aromatic rings. The zero-order valence-corrected chi connectivity index (χ0v) is 10.1. The maximum atomic E-state index is 5.74. The maximum absolute atomic E-state index is 5.74. The number of nitrogens with zero attached hydrogens (tertiary/aromatic N) is 1. The molecule has 0 radical (unpaired) electrons. The highest BCUT2D eigenvalue weighted by atomic mass is 16.5. The largest absolute Gasteiger partial charge is 0.457 e. The second-order valence-electron chi connectivity index (χ2n) is 4.07. The summed E-state index contributed by atoms with van der Waals surface area (Å²) in [5.74, 6) is 1.56. The van der Waals surface area contributed by atoms with Gasteiger partial charge in [0.2, 0.25) is 0 Å². The van der Waals surface area contributed by atoms with E-state index in [1.54, 1.807) is 0 Å². The SMILES string of the molecule is CN(C)c1cccc(Oc2cccc(N)c2)c1. The fourth-order valence-electron chi connectivity index (χ4n) is 1.54. The highest BCUT2D eigenvalue weighted by Crippen LogP contribution is 2.26. The maximum Gasteiger partial charge on any atom is 0.129 e. The van der Waals surface area contributed by atoms with Gasteiger partial charge in [-0.05, 0) is 24.3 Å². The van der Waals surface area contributed by atoms with Gasteiger partial charge in [0.1, 0.15) is 11.5 Å². The highest BCUT2D eigenvalue weighted by Gasteiger charge is 2.00. The molecule has 0 unspecified atom stereocenters. The smallest absolute Gasteiger partial charge is 0.129 e. The first-order valence-electron chi connectivity index (χ1n) is 5.46. The number of hydrogen-bond acceptors (Lipinski definition) is 3. The van der Waals surface area contributed by atoms with Gasteiger partial charge < -0.3 is 15.4 Å². The molecule has 0 bridgehead atoms. The van der Waals surface area contributed by atoms with Crippen molar-refractivity contribution < 1.29 is 4.74 Å². The molecule has 0 spiro atoms. The lowest BCUT2D eigenvalue weighted by molar-refractivity contribution is 0.483. The number of rotatable bonds is 3. The molecule has 0 aromatic heterocycles. The van der Waals surface area contributed by atoms with E-state index < -0.39 is 0 Å². The van der Waals surface area contributed by atoms with Gasteiger partial charge in [0.05, 0.1) is 0 Å². The molecule has 0 aliphatic carbocycles. The predicted molar refractivity (Wildman–Crippen MR) is 71.7 cm³/mol. The molecule has 17 heavy (non-hydrogen) atoms. The summed E-state index contributed by atoms with van der Waals surface area (Å²) in [7, 11) is 4.00. The Balaban J connectivity index is 2.21. The molecule has 0 aliphatic rings. The molecule has 3 nitrogen and oxygen atoms in total. The Morgan fingerprint density at radius 2 is 1.59 bits per heavy atom. The minimum absolute atomic E-state index is 0.700. The molecule has 88 valence electrons. The van der Waals surface area contributed by atoms with Crippen LogP contribution in [0, 0.1) is 0 Å². The summed E-state index contributed by atoms with van der Waals surface area (Å²) in [6.45, 7) is 0. The van der Waals surface area contributed by atoms with Gasteiger partial charge in [-0.25, -0.2) is 0 Å². The molecule has 0 aliphatic heterocycles. The second-order valence-corrected chi connectivity index (χ2v) is 4.07. The predicted octanol–water partition coefficient (Wildman–Crippen LogP) is 3.13. The van der Waals surface area contributed by atoms with E-state index in [1.165, 1.54) is 0 Å². The molecular formula is C14H16N2O. The summed E-state index contributed by atoms with van der Waals surface area (Å²) in [6.07, 6.45) is 0. The minimum atomic E-state index is 0.700.